The number of aromatic nitrogens is 4. The van der Waals surface area contributed by atoms with Gasteiger partial charge in [0.1, 0.15) is 17.8 Å². The van der Waals surface area contributed by atoms with Gasteiger partial charge in [0, 0.05) is 11.3 Å². The molecular formula is C26H26F2N4O3. The molecule has 35 heavy (non-hydrogen) atoms. The Morgan fingerprint density at radius 1 is 0.943 bits per heavy atom. The highest BCUT2D eigenvalue weighted by molar-refractivity contribution is 5.83. The van der Waals surface area contributed by atoms with Gasteiger partial charge in [-0.05, 0) is 60.0 Å². The average Bonchev–Trinajstić information content (AvgIpc) is 3.38. The molecule has 0 unspecified atom stereocenters. The Bertz CT molecular complexity index is 1270. The first-order chi connectivity index (χ1) is 17.0. The Labute approximate surface area is 201 Å². The number of benzene rings is 2. The summed E-state index contributed by atoms with van der Waals surface area (Å²) in [5, 5.41) is 6.57. The monoisotopic (exact) mass is 480 g/mol. The summed E-state index contributed by atoms with van der Waals surface area (Å²) in [6.45, 7) is -0.0815. The van der Waals surface area contributed by atoms with Crippen LogP contribution in [0.5, 0.6) is 11.5 Å². The minimum absolute atomic E-state index is 0.0281. The first kappa shape index (κ1) is 24.1. The lowest BCUT2D eigenvalue weighted by molar-refractivity contribution is -0.0498. The summed E-state index contributed by atoms with van der Waals surface area (Å²) < 4.78 is 35.3. The van der Waals surface area contributed by atoms with Gasteiger partial charge in [0.25, 0.3) is 5.56 Å². The lowest BCUT2D eigenvalue weighted by atomic mass is 9.98. The molecule has 2 aromatic heterocycles. The molecule has 2 heterocycles. The number of nitrogens with one attached hydrogen (secondary N) is 2. The normalized spacial score (nSPS) is 11.1. The van der Waals surface area contributed by atoms with Gasteiger partial charge in [0.15, 0.2) is 5.82 Å². The van der Waals surface area contributed by atoms with Crippen LogP contribution in [0.25, 0.3) is 33.8 Å². The maximum Gasteiger partial charge on any atom is 0.387 e. The summed E-state index contributed by atoms with van der Waals surface area (Å²) in [6.07, 6.45) is 5.84. The van der Waals surface area contributed by atoms with Crippen molar-refractivity contribution in [1.82, 2.24) is 20.2 Å². The third kappa shape index (κ3) is 6.11. The molecule has 0 amide bonds. The zero-order chi connectivity index (χ0) is 24.6. The summed E-state index contributed by atoms with van der Waals surface area (Å²) in [4.78, 5) is 20.2. The first-order valence-corrected chi connectivity index (χ1v) is 11.5. The van der Waals surface area contributed by atoms with Gasteiger partial charge >= 0.3 is 6.61 Å². The highest BCUT2D eigenvalue weighted by Gasteiger charge is 2.17. The van der Waals surface area contributed by atoms with E-state index >= 15 is 0 Å². The van der Waals surface area contributed by atoms with Crippen LogP contribution in [0.2, 0.25) is 0 Å². The van der Waals surface area contributed by atoms with E-state index < -0.39 is 6.61 Å². The Morgan fingerprint density at radius 2 is 1.66 bits per heavy atom. The number of H-pyrrole nitrogens is 2. The summed E-state index contributed by atoms with van der Waals surface area (Å²) >= 11 is 0. The fourth-order valence-corrected chi connectivity index (χ4v) is 3.77. The molecule has 0 fully saturated rings. The molecule has 0 radical (unpaired) electrons. The van der Waals surface area contributed by atoms with Gasteiger partial charge in [-0.3, -0.25) is 9.89 Å². The molecule has 0 saturated carbocycles. The minimum atomic E-state index is -2.92. The molecule has 0 aliphatic carbocycles. The van der Waals surface area contributed by atoms with Crippen LogP contribution >= 0.6 is 0 Å². The second kappa shape index (κ2) is 11.4. The molecule has 4 rings (SSSR count). The number of nitrogens with zero attached hydrogens (tertiary/aromatic N) is 2. The van der Waals surface area contributed by atoms with E-state index in [0.29, 0.717) is 34.8 Å². The van der Waals surface area contributed by atoms with Gasteiger partial charge in [0.05, 0.1) is 12.2 Å². The standard InChI is InChI=1S/C26H26F2N4O3/c1-2-3-4-5-14-34-19-10-8-18(9-11-19)22-15-21(17-6-12-20(13-7-17)35-26(27)28)23(25(33)31-22)24-29-16-30-32-24/h6-13,15-16,26H,2-5,14H2,1H3,(H,31,33)(H,29,30,32). The van der Waals surface area contributed by atoms with Gasteiger partial charge in [-0.15, -0.1) is 0 Å². The van der Waals surface area contributed by atoms with Crippen LogP contribution in [-0.4, -0.2) is 33.4 Å². The minimum Gasteiger partial charge on any atom is -0.494 e. The zero-order valence-corrected chi connectivity index (χ0v) is 19.3. The molecule has 0 bridgehead atoms. The molecule has 4 aromatic rings. The predicted molar refractivity (Wildman–Crippen MR) is 130 cm³/mol. The SMILES string of the molecule is CCCCCCOc1ccc(-c2cc(-c3ccc(OC(F)F)cc3)c(-c3ncn[nH]3)c(=O)[nH]2)cc1. The van der Waals surface area contributed by atoms with E-state index in [2.05, 4.69) is 31.8 Å². The van der Waals surface area contributed by atoms with E-state index in [0.717, 1.165) is 24.2 Å². The smallest absolute Gasteiger partial charge is 0.387 e. The maximum atomic E-state index is 13.1. The van der Waals surface area contributed by atoms with Crippen molar-refractivity contribution in [2.75, 3.05) is 6.61 Å². The molecule has 182 valence electrons. The average molecular weight is 481 g/mol. The van der Waals surface area contributed by atoms with Crippen molar-refractivity contribution in [1.29, 1.82) is 0 Å². The molecule has 0 atom stereocenters. The van der Waals surface area contributed by atoms with Crippen molar-refractivity contribution in [3.05, 3.63) is 71.3 Å². The third-order valence-electron chi connectivity index (χ3n) is 5.51. The topological polar surface area (TPSA) is 92.9 Å². The van der Waals surface area contributed by atoms with E-state index in [1.54, 1.807) is 12.1 Å². The van der Waals surface area contributed by atoms with Crippen molar-refractivity contribution >= 4 is 0 Å². The molecule has 0 aliphatic rings. The summed E-state index contributed by atoms with van der Waals surface area (Å²) in [5.41, 5.74) is 2.52. The van der Waals surface area contributed by atoms with E-state index in [4.69, 9.17) is 4.74 Å². The molecular weight excluding hydrogens is 454 g/mol. The second-order valence-corrected chi connectivity index (χ2v) is 7.97. The second-order valence-electron chi connectivity index (χ2n) is 7.97. The molecule has 0 saturated heterocycles. The Kier molecular flexibility index (Phi) is 7.87. The number of aromatic amines is 2. The molecule has 9 heteroatoms. The highest BCUT2D eigenvalue weighted by Crippen LogP contribution is 2.32. The zero-order valence-electron chi connectivity index (χ0n) is 19.3. The van der Waals surface area contributed by atoms with Crippen LogP contribution in [0.15, 0.2) is 65.7 Å². The van der Waals surface area contributed by atoms with Crippen LogP contribution in [0.1, 0.15) is 32.6 Å². The van der Waals surface area contributed by atoms with E-state index in [1.165, 1.54) is 31.3 Å². The Balaban J connectivity index is 1.64. The number of pyridine rings is 1. The number of ether oxygens (including phenoxy) is 2. The van der Waals surface area contributed by atoms with Gasteiger partial charge in [-0.25, -0.2) is 4.98 Å². The van der Waals surface area contributed by atoms with E-state index in [1.807, 2.05) is 30.3 Å². The lowest BCUT2D eigenvalue weighted by Gasteiger charge is -2.12. The van der Waals surface area contributed by atoms with Crippen LogP contribution in [0.3, 0.4) is 0 Å². The van der Waals surface area contributed by atoms with Gasteiger partial charge < -0.3 is 14.5 Å². The molecule has 0 spiro atoms. The largest absolute Gasteiger partial charge is 0.494 e. The number of unbranched alkanes of at least 4 members (excludes halogenated alkanes) is 3. The third-order valence-corrected chi connectivity index (χ3v) is 5.51. The Hall–Kier alpha value is -4.01. The van der Waals surface area contributed by atoms with Crippen LogP contribution < -0.4 is 15.0 Å². The molecule has 7 nitrogen and oxygen atoms in total. The predicted octanol–water partition coefficient (Wildman–Crippen LogP) is 6.05. The van der Waals surface area contributed by atoms with Gasteiger partial charge in [0.2, 0.25) is 0 Å². The van der Waals surface area contributed by atoms with Gasteiger partial charge in [-0.1, -0.05) is 38.3 Å². The molecule has 2 aromatic carbocycles. The van der Waals surface area contributed by atoms with Gasteiger partial charge in [-0.2, -0.15) is 13.9 Å². The number of alkyl halides is 2. The first-order valence-electron chi connectivity index (χ1n) is 11.5. The highest BCUT2D eigenvalue weighted by atomic mass is 19.3. The van der Waals surface area contributed by atoms with E-state index in [9.17, 15) is 13.6 Å². The summed E-state index contributed by atoms with van der Waals surface area (Å²) in [6, 6.07) is 15.4. The number of hydrogen-bond acceptors (Lipinski definition) is 5. The van der Waals surface area contributed by atoms with E-state index in [-0.39, 0.29) is 11.3 Å². The maximum absolute atomic E-state index is 13.1. The fraction of sp³-hybridized carbons (Fsp3) is 0.269. The molecule has 2 N–H and O–H groups in total. The summed E-state index contributed by atoms with van der Waals surface area (Å²) in [5.74, 6) is 1.09. The number of rotatable bonds is 11. The van der Waals surface area contributed by atoms with Crippen molar-refractivity contribution in [3.63, 3.8) is 0 Å². The van der Waals surface area contributed by atoms with Crippen molar-refractivity contribution in [2.24, 2.45) is 0 Å². The number of hydrogen-bond donors (Lipinski definition) is 2. The van der Waals surface area contributed by atoms with Crippen LogP contribution in [0, 0.1) is 0 Å². The fourth-order valence-electron chi connectivity index (χ4n) is 3.77. The number of halogens is 2. The van der Waals surface area contributed by atoms with Crippen molar-refractivity contribution in [3.8, 4) is 45.3 Å². The van der Waals surface area contributed by atoms with Crippen LogP contribution in [0.4, 0.5) is 8.78 Å². The lowest BCUT2D eigenvalue weighted by Crippen LogP contribution is -2.12. The van der Waals surface area contributed by atoms with Crippen LogP contribution in [-0.2, 0) is 0 Å². The Morgan fingerprint density at radius 3 is 2.31 bits per heavy atom. The van der Waals surface area contributed by atoms with Crippen molar-refractivity contribution < 1.29 is 18.3 Å². The summed E-state index contributed by atoms with van der Waals surface area (Å²) in [7, 11) is 0. The van der Waals surface area contributed by atoms with Crippen molar-refractivity contribution in [2.45, 2.75) is 39.2 Å². The quantitative estimate of drug-likeness (QED) is 0.255. The molecule has 0 aliphatic heterocycles.